The highest BCUT2D eigenvalue weighted by molar-refractivity contribution is 7.92. The van der Waals surface area contributed by atoms with Gasteiger partial charge in [-0.15, -0.1) is 0 Å². The van der Waals surface area contributed by atoms with Crippen molar-refractivity contribution in [3.63, 3.8) is 0 Å². The molecule has 0 bridgehead atoms. The van der Waals surface area contributed by atoms with Crippen molar-refractivity contribution in [1.82, 2.24) is 9.97 Å². The number of aromatic nitrogens is 2. The highest BCUT2D eigenvalue weighted by Gasteiger charge is 2.34. The van der Waals surface area contributed by atoms with Crippen molar-refractivity contribution in [3.8, 4) is 0 Å². The number of hydrogen-bond donors (Lipinski definition) is 1. The van der Waals surface area contributed by atoms with E-state index in [0.717, 1.165) is 18.5 Å². The lowest BCUT2D eigenvalue weighted by Crippen LogP contribution is -2.38. The van der Waals surface area contributed by atoms with E-state index in [1.54, 1.807) is 0 Å². The topological polar surface area (TPSA) is 100 Å². The van der Waals surface area contributed by atoms with Crippen LogP contribution in [-0.2, 0) is 22.0 Å². The number of aromatic carboxylic acids is 1. The zero-order valence-corrected chi connectivity index (χ0v) is 15.6. The van der Waals surface area contributed by atoms with E-state index in [9.17, 15) is 35.2 Å². The summed E-state index contributed by atoms with van der Waals surface area (Å²) >= 11 is 5.77. The molecule has 1 aromatic heterocycles. The average molecular weight is 460 g/mol. The fraction of sp³-hybridized carbons (Fsp3) is 0.267. The molecule has 0 saturated carbocycles. The van der Waals surface area contributed by atoms with E-state index in [0.29, 0.717) is 12.1 Å². The number of sulfonamides is 1. The van der Waals surface area contributed by atoms with Gasteiger partial charge in [-0.05, 0) is 23.8 Å². The van der Waals surface area contributed by atoms with Gasteiger partial charge >= 0.3 is 12.1 Å². The van der Waals surface area contributed by atoms with Crippen LogP contribution in [0.1, 0.15) is 21.6 Å². The summed E-state index contributed by atoms with van der Waals surface area (Å²) in [4.78, 5) is 18.1. The van der Waals surface area contributed by atoms with Gasteiger partial charge in [0.05, 0.1) is 17.9 Å². The van der Waals surface area contributed by atoms with Crippen molar-refractivity contribution in [2.24, 2.45) is 0 Å². The minimum Gasteiger partial charge on any atom is -0.476 e. The third-order valence-corrected chi connectivity index (χ3v) is 5.51. The van der Waals surface area contributed by atoms with Gasteiger partial charge in [0, 0.05) is 17.4 Å². The summed E-state index contributed by atoms with van der Waals surface area (Å²) in [7, 11) is -4.83. The van der Waals surface area contributed by atoms with E-state index in [2.05, 4.69) is 9.97 Å². The lowest BCUT2D eigenvalue weighted by molar-refractivity contribution is -0.137. The standard InChI is InChI=1S/C15H11ClF5N3O4S/c16-10-2-1-9(15(19,20)21)5-8(10)7-29(27,28)24(6-11(17)18)13-12(14(25)26)22-3-4-23-13/h1-5,11H,6-7H2,(H,25,26). The van der Waals surface area contributed by atoms with Gasteiger partial charge in [0.1, 0.15) is 0 Å². The van der Waals surface area contributed by atoms with Gasteiger partial charge < -0.3 is 5.11 Å². The lowest BCUT2D eigenvalue weighted by atomic mass is 10.1. The Balaban J connectivity index is 2.54. The van der Waals surface area contributed by atoms with Crippen LogP contribution in [-0.4, -0.2) is 42.4 Å². The molecular formula is C15H11ClF5N3O4S. The first-order valence-corrected chi connectivity index (χ1v) is 9.50. The molecular weight excluding hydrogens is 449 g/mol. The molecule has 1 aromatic carbocycles. The maximum absolute atomic E-state index is 13.0. The molecule has 0 radical (unpaired) electrons. The molecule has 0 fully saturated rings. The predicted octanol–water partition coefficient (Wildman–Crippen LogP) is 3.45. The predicted molar refractivity (Wildman–Crippen MR) is 91.4 cm³/mol. The van der Waals surface area contributed by atoms with Crippen molar-refractivity contribution in [1.29, 1.82) is 0 Å². The number of hydrogen-bond acceptors (Lipinski definition) is 5. The van der Waals surface area contributed by atoms with Crippen LogP contribution in [0, 0.1) is 0 Å². The highest BCUT2D eigenvalue weighted by Crippen LogP contribution is 2.33. The van der Waals surface area contributed by atoms with Gasteiger partial charge in [-0.25, -0.2) is 36.3 Å². The van der Waals surface area contributed by atoms with Crippen LogP contribution in [0.15, 0.2) is 30.6 Å². The van der Waals surface area contributed by atoms with Gasteiger partial charge in [0.15, 0.2) is 11.5 Å². The number of nitrogens with zero attached hydrogens (tertiary/aromatic N) is 3. The Kier molecular flexibility index (Phi) is 6.63. The Labute approximate surface area is 165 Å². The molecule has 0 aliphatic carbocycles. The molecule has 0 amide bonds. The lowest BCUT2D eigenvalue weighted by Gasteiger charge is -2.24. The maximum atomic E-state index is 13.0. The molecule has 0 atom stereocenters. The number of carboxylic acids is 1. The molecule has 0 spiro atoms. The van der Waals surface area contributed by atoms with Gasteiger partial charge in [-0.3, -0.25) is 0 Å². The first-order chi connectivity index (χ1) is 13.3. The summed E-state index contributed by atoms with van der Waals surface area (Å²) in [6.45, 7) is -1.49. The minimum atomic E-state index is -4.83. The molecule has 2 aromatic rings. The van der Waals surface area contributed by atoms with Crippen LogP contribution in [0.2, 0.25) is 5.02 Å². The van der Waals surface area contributed by atoms with E-state index >= 15 is 0 Å². The second-order valence-electron chi connectivity index (χ2n) is 5.52. The monoisotopic (exact) mass is 459 g/mol. The Bertz CT molecular complexity index is 1020. The molecule has 0 aliphatic rings. The molecule has 2 rings (SSSR count). The van der Waals surface area contributed by atoms with E-state index < -0.39 is 63.5 Å². The first-order valence-electron chi connectivity index (χ1n) is 7.51. The summed E-state index contributed by atoms with van der Waals surface area (Å²) in [6.07, 6.45) is -6.25. The van der Waals surface area contributed by atoms with Gasteiger partial charge in [0.25, 0.3) is 6.43 Å². The van der Waals surface area contributed by atoms with Crippen molar-refractivity contribution in [3.05, 3.63) is 52.4 Å². The number of carboxylic acid groups (broad SMARTS) is 1. The molecule has 1 N–H and O–H groups in total. The summed E-state index contributed by atoms with van der Waals surface area (Å²) in [5.74, 6) is -3.85. The largest absolute Gasteiger partial charge is 0.476 e. The minimum absolute atomic E-state index is 0.00922. The molecule has 0 saturated heterocycles. The van der Waals surface area contributed by atoms with Crippen molar-refractivity contribution < 1.29 is 40.3 Å². The van der Waals surface area contributed by atoms with E-state index in [-0.39, 0.29) is 9.33 Å². The van der Waals surface area contributed by atoms with Crippen LogP contribution in [0.5, 0.6) is 0 Å². The van der Waals surface area contributed by atoms with Crippen LogP contribution in [0.25, 0.3) is 0 Å². The van der Waals surface area contributed by atoms with Gasteiger partial charge in [-0.2, -0.15) is 13.2 Å². The number of carbonyl (C=O) groups is 1. The number of rotatable bonds is 7. The van der Waals surface area contributed by atoms with Crippen molar-refractivity contribution in [2.75, 3.05) is 10.8 Å². The van der Waals surface area contributed by atoms with Gasteiger partial charge in [0.2, 0.25) is 10.0 Å². The average Bonchev–Trinajstić information content (AvgIpc) is 2.60. The summed E-state index contributed by atoms with van der Waals surface area (Å²) in [5, 5.41) is 8.77. The number of alkyl halides is 5. The van der Waals surface area contributed by atoms with Crippen molar-refractivity contribution >= 4 is 33.4 Å². The molecule has 7 nitrogen and oxygen atoms in total. The van der Waals surface area contributed by atoms with E-state index in [4.69, 9.17) is 16.7 Å². The van der Waals surface area contributed by atoms with Crippen molar-refractivity contribution in [2.45, 2.75) is 18.4 Å². The quantitative estimate of drug-likeness (QED) is 0.636. The fourth-order valence-corrected chi connectivity index (χ4v) is 4.05. The van der Waals surface area contributed by atoms with Crippen LogP contribution in [0.3, 0.4) is 0 Å². The zero-order chi connectivity index (χ0) is 22.0. The molecule has 14 heteroatoms. The van der Waals surface area contributed by atoms with E-state index in [1.165, 1.54) is 0 Å². The number of halogens is 6. The zero-order valence-electron chi connectivity index (χ0n) is 14.1. The van der Waals surface area contributed by atoms with Crippen LogP contribution < -0.4 is 4.31 Å². The third kappa shape index (κ3) is 5.50. The first kappa shape index (κ1) is 22.7. The molecule has 0 aliphatic heterocycles. The molecule has 158 valence electrons. The molecule has 29 heavy (non-hydrogen) atoms. The smallest absolute Gasteiger partial charge is 0.416 e. The summed E-state index contributed by atoms with van der Waals surface area (Å²) in [6, 6.07) is 1.91. The number of anilines is 1. The Morgan fingerprint density at radius 1 is 1.21 bits per heavy atom. The molecule has 1 heterocycles. The van der Waals surface area contributed by atoms with Crippen LogP contribution in [0.4, 0.5) is 27.8 Å². The van der Waals surface area contributed by atoms with Crippen LogP contribution >= 0.6 is 11.6 Å². The number of benzene rings is 1. The highest BCUT2D eigenvalue weighted by atomic mass is 35.5. The summed E-state index contributed by atoms with van der Waals surface area (Å²) in [5.41, 5.74) is -2.63. The van der Waals surface area contributed by atoms with E-state index in [1.807, 2.05) is 0 Å². The third-order valence-electron chi connectivity index (χ3n) is 3.47. The van der Waals surface area contributed by atoms with Gasteiger partial charge in [-0.1, -0.05) is 11.6 Å². The molecule has 0 unspecified atom stereocenters. The Morgan fingerprint density at radius 2 is 1.83 bits per heavy atom. The maximum Gasteiger partial charge on any atom is 0.416 e. The SMILES string of the molecule is O=C(O)c1nccnc1N(CC(F)F)S(=O)(=O)Cc1cc(C(F)(F)F)ccc1Cl. The normalized spacial score (nSPS) is 12.2. The Hall–Kier alpha value is -2.54. The Morgan fingerprint density at radius 3 is 2.38 bits per heavy atom. The fourth-order valence-electron chi connectivity index (χ4n) is 2.26. The second-order valence-corrected chi connectivity index (χ2v) is 7.82. The second kappa shape index (κ2) is 8.45. The summed E-state index contributed by atoms with van der Waals surface area (Å²) < 4.78 is 90.1.